The molecule has 0 saturated heterocycles. The number of carbonyl (C=O) groups excluding carboxylic acids is 1. The Balaban J connectivity index is 1.65. The van der Waals surface area contributed by atoms with E-state index in [1.165, 1.54) is 12.1 Å². The molecule has 3 aromatic carbocycles. The molecule has 0 aromatic heterocycles. The third-order valence-electron chi connectivity index (χ3n) is 5.04. The number of rotatable bonds is 8. The summed E-state index contributed by atoms with van der Waals surface area (Å²) in [6, 6.07) is 16.8. The van der Waals surface area contributed by atoms with Gasteiger partial charge in [-0.25, -0.2) is 8.42 Å². The van der Waals surface area contributed by atoms with Crippen molar-refractivity contribution < 1.29 is 22.7 Å². The van der Waals surface area contributed by atoms with Crippen molar-refractivity contribution in [3.63, 3.8) is 0 Å². The van der Waals surface area contributed by atoms with Crippen LogP contribution in [0.4, 0.5) is 11.4 Å². The molecule has 1 amide bonds. The predicted molar refractivity (Wildman–Crippen MR) is 125 cm³/mol. The average molecular weight is 455 g/mol. The highest BCUT2D eigenvalue weighted by Gasteiger charge is 2.16. The molecule has 3 rings (SSSR count). The maximum atomic E-state index is 12.7. The molecule has 0 aliphatic rings. The van der Waals surface area contributed by atoms with Crippen molar-refractivity contribution in [3.8, 4) is 11.5 Å². The predicted octanol–water partition coefficient (Wildman–Crippen LogP) is 4.44. The zero-order valence-electron chi connectivity index (χ0n) is 18.4. The first kappa shape index (κ1) is 23.1. The van der Waals surface area contributed by atoms with Gasteiger partial charge in [0.25, 0.3) is 15.9 Å². The summed E-state index contributed by atoms with van der Waals surface area (Å²) in [5.41, 5.74) is 3.84. The van der Waals surface area contributed by atoms with Crippen molar-refractivity contribution in [2.45, 2.75) is 25.7 Å². The van der Waals surface area contributed by atoms with Crippen molar-refractivity contribution in [3.05, 3.63) is 77.4 Å². The fourth-order valence-electron chi connectivity index (χ4n) is 3.04. The smallest absolute Gasteiger partial charge is 0.262 e. The van der Waals surface area contributed by atoms with Gasteiger partial charge in [-0.1, -0.05) is 12.1 Å². The lowest BCUT2D eigenvalue weighted by Crippen LogP contribution is -2.21. The molecule has 0 radical (unpaired) electrons. The monoisotopic (exact) mass is 454 g/mol. The highest BCUT2D eigenvalue weighted by Crippen LogP contribution is 2.25. The van der Waals surface area contributed by atoms with Crippen LogP contribution in [-0.4, -0.2) is 28.0 Å². The third kappa shape index (κ3) is 5.59. The van der Waals surface area contributed by atoms with Crippen molar-refractivity contribution in [2.24, 2.45) is 0 Å². The van der Waals surface area contributed by atoms with Gasteiger partial charge in [-0.05, 0) is 86.0 Å². The molecule has 0 unspecified atom stereocenters. The van der Waals surface area contributed by atoms with Gasteiger partial charge in [0.15, 0.2) is 6.61 Å². The Morgan fingerprint density at radius 2 is 1.66 bits per heavy atom. The minimum atomic E-state index is -3.78. The maximum absolute atomic E-state index is 12.7. The van der Waals surface area contributed by atoms with Gasteiger partial charge >= 0.3 is 0 Å². The van der Waals surface area contributed by atoms with Gasteiger partial charge in [0.05, 0.1) is 12.0 Å². The van der Waals surface area contributed by atoms with Crippen LogP contribution in [0.25, 0.3) is 0 Å². The second-order valence-electron chi connectivity index (χ2n) is 7.35. The number of hydrogen-bond donors (Lipinski definition) is 2. The summed E-state index contributed by atoms with van der Waals surface area (Å²) in [7, 11) is -2.24. The summed E-state index contributed by atoms with van der Waals surface area (Å²) < 4.78 is 38.6. The van der Waals surface area contributed by atoms with E-state index in [1.54, 1.807) is 44.4 Å². The summed E-state index contributed by atoms with van der Waals surface area (Å²) in [5, 5.41) is 2.83. The molecule has 0 aliphatic heterocycles. The van der Waals surface area contributed by atoms with E-state index < -0.39 is 10.0 Å². The lowest BCUT2D eigenvalue weighted by Gasteiger charge is -2.13. The van der Waals surface area contributed by atoms with E-state index in [1.807, 2.05) is 32.0 Å². The Kier molecular flexibility index (Phi) is 7.05. The number of hydrogen-bond acceptors (Lipinski definition) is 5. The van der Waals surface area contributed by atoms with E-state index in [4.69, 9.17) is 9.47 Å². The fraction of sp³-hybridized carbons (Fsp3) is 0.208. The van der Waals surface area contributed by atoms with E-state index >= 15 is 0 Å². The van der Waals surface area contributed by atoms with Crippen molar-refractivity contribution in [1.82, 2.24) is 0 Å². The van der Waals surface area contributed by atoms with Crippen molar-refractivity contribution in [2.75, 3.05) is 23.8 Å². The van der Waals surface area contributed by atoms with E-state index in [-0.39, 0.29) is 17.4 Å². The lowest BCUT2D eigenvalue weighted by molar-refractivity contribution is -0.118. The first-order valence-corrected chi connectivity index (χ1v) is 11.4. The van der Waals surface area contributed by atoms with Crippen LogP contribution in [0.5, 0.6) is 11.5 Å². The number of ether oxygens (including phenoxy) is 2. The molecule has 0 fully saturated rings. The Bertz CT molecular complexity index is 1220. The van der Waals surface area contributed by atoms with Gasteiger partial charge in [-0.3, -0.25) is 9.52 Å². The summed E-state index contributed by atoms with van der Waals surface area (Å²) >= 11 is 0. The van der Waals surface area contributed by atoms with Gasteiger partial charge in [0.2, 0.25) is 0 Å². The summed E-state index contributed by atoms with van der Waals surface area (Å²) in [6.45, 7) is 5.45. The summed E-state index contributed by atoms with van der Waals surface area (Å²) in [5.74, 6) is 0.771. The minimum Gasteiger partial charge on any atom is -0.497 e. The van der Waals surface area contributed by atoms with Crippen LogP contribution >= 0.6 is 0 Å². The zero-order valence-corrected chi connectivity index (χ0v) is 19.2. The van der Waals surface area contributed by atoms with Crippen LogP contribution in [0.15, 0.2) is 65.6 Å². The molecule has 0 heterocycles. The highest BCUT2D eigenvalue weighted by molar-refractivity contribution is 7.92. The van der Waals surface area contributed by atoms with Crippen molar-refractivity contribution in [1.29, 1.82) is 0 Å². The number of anilines is 2. The fourth-order valence-corrected chi connectivity index (χ4v) is 4.18. The summed E-state index contributed by atoms with van der Waals surface area (Å²) in [4.78, 5) is 12.4. The molecule has 0 saturated carbocycles. The molecule has 168 valence electrons. The molecule has 0 spiro atoms. The van der Waals surface area contributed by atoms with Crippen LogP contribution in [-0.2, 0) is 14.8 Å². The first-order chi connectivity index (χ1) is 15.2. The molecule has 0 atom stereocenters. The zero-order chi connectivity index (χ0) is 23.3. The Morgan fingerprint density at radius 1 is 0.938 bits per heavy atom. The second kappa shape index (κ2) is 9.74. The van der Waals surface area contributed by atoms with Gasteiger partial charge < -0.3 is 14.8 Å². The second-order valence-corrected chi connectivity index (χ2v) is 9.03. The van der Waals surface area contributed by atoms with E-state index in [0.29, 0.717) is 22.7 Å². The Hall–Kier alpha value is -3.52. The maximum Gasteiger partial charge on any atom is 0.262 e. The SMILES string of the molecule is COc1ccc(NS(=O)(=O)c2ccc(OCC(=O)Nc3cccc(C)c3C)c(C)c2)cc1. The standard InChI is InChI=1S/C24H26N2O5S/c1-16-6-5-7-22(18(16)3)25-24(27)15-31-23-13-12-21(14-17(23)2)32(28,29)26-19-8-10-20(30-4)11-9-19/h5-14,26H,15H2,1-4H3,(H,25,27). The van der Waals surface area contributed by atoms with Crippen LogP contribution in [0, 0.1) is 20.8 Å². The molecular formula is C24H26N2O5S. The molecule has 7 nitrogen and oxygen atoms in total. The van der Waals surface area contributed by atoms with Crippen LogP contribution in [0.1, 0.15) is 16.7 Å². The molecule has 2 N–H and O–H groups in total. The highest BCUT2D eigenvalue weighted by atomic mass is 32.2. The number of aryl methyl sites for hydroxylation is 2. The Labute approximate surface area is 188 Å². The number of benzene rings is 3. The quantitative estimate of drug-likeness (QED) is 0.525. The first-order valence-electron chi connectivity index (χ1n) is 9.96. The number of amides is 1. The van der Waals surface area contributed by atoms with Crippen LogP contribution in [0.2, 0.25) is 0 Å². The minimum absolute atomic E-state index is 0.0954. The number of sulfonamides is 1. The molecule has 0 aliphatic carbocycles. The summed E-state index contributed by atoms with van der Waals surface area (Å²) in [6.07, 6.45) is 0. The number of methoxy groups -OCH3 is 1. The molecule has 0 bridgehead atoms. The largest absolute Gasteiger partial charge is 0.497 e. The molecular weight excluding hydrogens is 428 g/mol. The molecule has 8 heteroatoms. The normalized spacial score (nSPS) is 11.0. The van der Waals surface area contributed by atoms with Gasteiger partial charge in [0.1, 0.15) is 11.5 Å². The third-order valence-corrected chi connectivity index (χ3v) is 6.42. The van der Waals surface area contributed by atoms with E-state index in [0.717, 1.165) is 16.8 Å². The van der Waals surface area contributed by atoms with Crippen LogP contribution in [0.3, 0.4) is 0 Å². The van der Waals surface area contributed by atoms with Crippen molar-refractivity contribution >= 4 is 27.3 Å². The van der Waals surface area contributed by atoms with Crippen LogP contribution < -0.4 is 19.5 Å². The van der Waals surface area contributed by atoms with Gasteiger partial charge in [-0.15, -0.1) is 0 Å². The van der Waals surface area contributed by atoms with Gasteiger partial charge in [-0.2, -0.15) is 0 Å². The number of nitrogens with one attached hydrogen (secondary N) is 2. The van der Waals surface area contributed by atoms with Gasteiger partial charge in [0, 0.05) is 11.4 Å². The topological polar surface area (TPSA) is 93.7 Å². The molecule has 32 heavy (non-hydrogen) atoms. The number of carbonyl (C=O) groups is 1. The lowest BCUT2D eigenvalue weighted by atomic mass is 10.1. The molecule has 3 aromatic rings. The Morgan fingerprint density at radius 3 is 2.31 bits per heavy atom. The van der Waals surface area contributed by atoms with E-state index in [2.05, 4.69) is 10.0 Å². The average Bonchev–Trinajstić information content (AvgIpc) is 2.76. The van der Waals surface area contributed by atoms with E-state index in [9.17, 15) is 13.2 Å².